The maximum Gasteiger partial charge on any atom is 0.0367 e. The Morgan fingerprint density at radius 3 is 2.85 bits per heavy atom. The molecule has 3 unspecified atom stereocenters. The standard InChI is InChI=1S/C11H14ClN/c1-8-10(4-5-11(8)12)9-3-2-6-13-7-9/h2-3,6-8,10-11H,4-5H2,1H3. The van der Waals surface area contributed by atoms with Crippen molar-refractivity contribution in [3.63, 3.8) is 0 Å². The van der Waals surface area contributed by atoms with Crippen molar-refractivity contribution in [2.24, 2.45) is 5.92 Å². The van der Waals surface area contributed by atoms with E-state index in [1.807, 2.05) is 18.5 Å². The van der Waals surface area contributed by atoms with Crippen LogP contribution in [0.4, 0.5) is 0 Å². The van der Waals surface area contributed by atoms with Crippen LogP contribution in [0.2, 0.25) is 0 Å². The number of aromatic nitrogens is 1. The summed E-state index contributed by atoms with van der Waals surface area (Å²) in [5, 5.41) is 0.352. The van der Waals surface area contributed by atoms with E-state index in [2.05, 4.69) is 18.0 Å². The molecular formula is C11H14ClN. The van der Waals surface area contributed by atoms with Crippen molar-refractivity contribution in [1.29, 1.82) is 0 Å². The normalized spacial score (nSPS) is 33.5. The molecule has 1 aromatic rings. The predicted octanol–water partition coefficient (Wildman–Crippen LogP) is 3.20. The molecule has 1 nitrogen and oxygen atoms in total. The third-order valence-corrected chi connectivity index (χ3v) is 3.69. The van der Waals surface area contributed by atoms with Crippen LogP contribution in [0.25, 0.3) is 0 Å². The zero-order chi connectivity index (χ0) is 9.26. The summed E-state index contributed by atoms with van der Waals surface area (Å²) in [6.07, 6.45) is 6.14. The van der Waals surface area contributed by atoms with Gasteiger partial charge in [-0.25, -0.2) is 0 Å². The lowest BCUT2D eigenvalue weighted by atomic mass is 9.91. The average molecular weight is 196 g/mol. The quantitative estimate of drug-likeness (QED) is 0.628. The van der Waals surface area contributed by atoms with Gasteiger partial charge in [0.05, 0.1) is 0 Å². The Morgan fingerprint density at radius 2 is 2.31 bits per heavy atom. The highest BCUT2D eigenvalue weighted by molar-refractivity contribution is 6.21. The second-order valence-electron chi connectivity index (χ2n) is 3.85. The van der Waals surface area contributed by atoms with Crippen LogP contribution < -0.4 is 0 Å². The molecule has 0 spiro atoms. The monoisotopic (exact) mass is 195 g/mol. The number of hydrogen-bond donors (Lipinski definition) is 0. The molecule has 0 saturated heterocycles. The van der Waals surface area contributed by atoms with E-state index in [9.17, 15) is 0 Å². The van der Waals surface area contributed by atoms with Crippen LogP contribution in [0.1, 0.15) is 31.2 Å². The third-order valence-electron chi connectivity index (χ3n) is 3.07. The van der Waals surface area contributed by atoms with Crippen molar-refractivity contribution in [2.45, 2.75) is 31.1 Å². The summed E-state index contributed by atoms with van der Waals surface area (Å²) >= 11 is 6.19. The maximum atomic E-state index is 6.19. The first-order chi connectivity index (χ1) is 6.29. The lowest BCUT2D eigenvalue weighted by Crippen LogP contribution is -2.09. The van der Waals surface area contributed by atoms with Gasteiger partial charge in [0.2, 0.25) is 0 Å². The topological polar surface area (TPSA) is 12.9 Å². The number of halogens is 1. The molecule has 13 heavy (non-hydrogen) atoms. The Hall–Kier alpha value is -0.560. The van der Waals surface area contributed by atoms with E-state index < -0.39 is 0 Å². The van der Waals surface area contributed by atoms with Crippen molar-refractivity contribution in [1.82, 2.24) is 4.98 Å². The predicted molar refractivity (Wildman–Crippen MR) is 55.0 cm³/mol. The first-order valence-corrected chi connectivity index (χ1v) is 5.26. The lowest BCUT2D eigenvalue weighted by Gasteiger charge is -2.16. The van der Waals surface area contributed by atoms with Gasteiger partial charge in [-0.15, -0.1) is 11.6 Å². The second kappa shape index (κ2) is 3.67. The SMILES string of the molecule is CC1C(Cl)CCC1c1cccnc1. The Kier molecular flexibility index (Phi) is 2.54. The van der Waals surface area contributed by atoms with E-state index >= 15 is 0 Å². The Labute approximate surface area is 84.1 Å². The summed E-state index contributed by atoms with van der Waals surface area (Å²) in [5.74, 6) is 1.21. The summed E-state index contributed by atoms with van der Waals surface area (Å²) in [6, 6.07) is 4.16. The molecule has 1 saturated carbocycles. The highest BCUT2D eigenvalue weighted by Crippen LogP contribution is 2.41. The summed E-state index contributed by atoms with van der Waals surface area (Å²) < 4.78 is 0. The molecule has 3 atom stereocenters. The molecule has 0 bridgehead atoms. The Bertz CT molecular complexity index is 273. The van der Waals surface area contributed by atoms with E-state index in [0.717, 1.165) is 6.42 Å². The largest absolute Gasteiger partial charge is 0.264 e. The van der Waals surface area contributed by atoms with Gasteiger partial charge in [0.15, 0.2) is 0 Å². The molecular weight excluding hydrogens is 182 g/mol. The van der Waals surface area contributed by atoms with Gasteiger partial charge in [0, 0.05) is 17.8 Å². The van der Waals surface area contributed by atoms with Gasteiger partial charge in [-0.3, -0.25) is 4.98 Å². The number of rotatable bonds is 1. The summed E-state index contributed by atoms with van der Waals surface area (Å²) in [5.41, 5.74) is 1.35. The average Bonchev–Trinajstić information content (AvgIpc) is 2.49. The molecule has 2 heteroatoms. The minimum atomic E-state index is 0.352. The molecule has 0 N–H and O–H groups in total. The maximum absolute atomic E-state index is 6.19. The van der Waals surface area contributed by atoms with Crippen molar-refractivity contribution in [3.8, 4) is 0 Å². The molecule has 1 heterocycles. The fraction of sp³-hybridized carbons (Fsp3) is 0.545. The van der Waals surface area contributed by atoms with Crippen molar-refractivity contribution < 1.29 is 0 Å². The van der Waals surface area contributed by atoms with Crippen LogP contribution in [0.5, 0.6) is 0 Å². The third kappa shape index (κ3) is 1.71. The smallest absolute Gasteiger partial charge is 0.0367 e. The zero-order valence-corrected chi connectivity index (χ0v) is 8.54. The molecule has 0 amide bonds. The molecule has 1 fully saturated rings. The molecule has 1 aliphatic carbocycles. The molecule has 0 radical (unpaired) electrons. The van der Waals surface area contributed by atoms with Crippen LogP contribution in [-0.4, -0.2) is 10.4 Å². The Morgan fingerprint density at radius 1 is 1.46 bits per heavy atom. The summed E-state index contributed by atoms with van der Waals surface area (Å²) in [6.45, 7) is 2.24. The highest BCUT2D eigenvalue weighted by Gasteiger charge is 2.32. The first kappa shape index (κ1) is 9.01. The highest BCUT2D eigenvalue weighted by atomic mass is 35.5. The van der Waals surface area contributed by atoms with Crippen LogP contribution in [0, 0.1) is 5.92 Å². The van der Waals surface area contributed by atoms with E-state index in [1.165, 1.54) is 12.0 Å². The van der Waals surface area contributed by atoms with Crippen molar-refractivity contribution >= 4 is 11.6 Å². The van der Waals surface area contributed by atoms with E-state index in [1.54, 1.807) is 0 Å². The second-order valence-corrected chi connectivity index (χ2v) is 4.41. The fourth-order valence-electron chi connectivity index (χ4n) is 2.18. The summed E-state index contributed by atoms with van der Waals surface area (Å²) in [4.78, 5) is 4.15. The molecule has 2 rings (SSSR count). The van der Waals surface area contributed by atoms with Gasteiger partial charge in [0.1, 0.15) is 0 Å². The number of nitrogens with zero attached hydrogens (tertiary/aromatic N) is 1. The zero-order valence-electron chi connectivity index (χ0n) is 7.78. The van der Waals surface area contributed by atoms with Gasteiger partial charge in [0.25, 0.3) is 0 Å². The van der Waals surface area contributed by atoms with Crippen molar-refractivity contribution in [3.05, 3.63) is 30.1 Å². The van der Waals surface area contributed by atoms with Gasteiger partial charge in [-0.2, -0.15) is 0 Å². The first-order valence-electron chi connectivity index (χ1n) is 4.83. The minimum absolute atomic E-state index is 0.352. The van der Waals surface area contributed by atoms with Gasteiger partial charge >= 0.3 is 0 Å². The van der Waals surface area contributed by atoms with Gasteiger partial charge in [-0.05, 0) is 36.3 Å². The molecule has 1 aromatic heterocycles. The molecule has 0 aliphatic heterocycles. The lowest BCUT2D eigenvalue weighted by molar-refractivity contribution is 0.536. The van der Waals surface area contributed by atoms with E-state index in [-0.39, 0.29) is 0 Å². The van der Waals surface area contributed by atoms with Crippen LogP contribution in [0.15, 0.2) is 24.5 Å². The summed E-state index contributed by atoms with van der Waals surface area (Å²) in [7, 11) is 0. The number of alkyl halides is 1. The van der Waals surface area contributed by atoms with E-state index in [4.69, 9.17) is 11.6 Å². The number of hydrogen-bond acceptors (Lipinski definition) is 1. The van der Waals surface area contributed by atoms with Crippen LogP contribution in [-0.2, 0) is 0 Å². The van der Waals surface area contributed by atoms with Crippen LogP contribution in [0.3, 0.4) is 0 Å². The Balaban J connectivity index is 2.19. The van der Waals surface area contributed by atoms with Gasteiger partial charge < -0.3 is 0 Å². The number of pyridine rings is 1. The fourth-order valence-corrected chi connectivity index (χ4v) is 2.48. The molecule has 70 valence electrons. The van der Waals surface area contributed by atoms with Gasteiger partial charge in [-0.1, -0.05) is 13.0 Å². The molecule has 0 aromatic carbocycles. The van der Waals surface area contributed by atoms with Crippen molar-refractivity contribution in [2.75, 3.05) is 0 Å². The minimum Gasteiger partial charge on any atom is -0.264 e. The molecule has 1 aliphatic rings. The van der Waals surface area contributed by atoms with Crippen LogP contribution >= 0.6 is 11.6 Å². The van der Waals surface area contributed by atoms with E-state index in [0.29, 0.717) is 17.2 Å².